The Balaban J connectivity index is 1.94. The number of hydrogen-bond donors (Lipinski definition) is 1. The predicted molar refractivity (Wildman–Crippen MR) is 101 cm³/mol. The van der Waals surface area contributed by atoms with E-state index in [1.165, 1.54) is 18.4 Å². The predicted octanol–water partition coefficient (Wildman–Crippen LogP) is 4.12. The number of esters is 1. The quantitative estimate of drug-likeness (QED) is 0.315. The third-order valence-corrected chi connectivity index (χ3v) is 4.41. The van der Waals surface area contributed by atoms with Crippen molar-refractivity contribution in [3.8, 4) is 5.75 Å². The van der Waals surface area contributed by atoms with Crippen LogP contribution < -0.4 is 10.2 Å². The first-order chi connectivity index (χ1) is 12.2. The minimum absolute atomic E-state index is 0.370. The Kier molecular flexibility index (Phi) is 7.40. The van der Waals surface area contributed by atoms with E-state index >= 15 is 0 Å². The highest BCUT2D eigenvalue weighted by Crippen LogP contribution is 2.24. The number of carbonyl (C=O) groups is 1. The van der Waals surface area contributed by atoms with Crippen molar-refractivity contribution in [3.63, 3.8) is 0 Å². The molecule has 2 aromatic rings. The fourth-order valence-electron chi connectivity index (χ4n) is 2.04. The fraction of sp³-hybridized carbons (Fsp3) is 0.389. The highest BCUT2D eigenvalue weighted by molar-refractivity contribution is 7.17. The lowest BCUT2D eigenvalue weighted by molar-refractivity contribution is 0.0605. The van der Waals surface area contributed by atoms with Crippen LogP contribution in [0.25, 0.3) is 0 Å². The summed E-state index contributed by atoms with van der Waals surface area (Å²) in [7, 11) is 1.36. The average molecular weight is 361 g/mol. The number of hydrazone groups is 1. The number of ether oxygens (including phenoxy) is 2. The molecule has 0 atom stereocenters. The lowest BCUT2D eigenvalue weighted by Crippen LogP contribution is -2.01. The molecule has 0 spiro atoms. The van der Waals surface area contributed by atoms with E-state index in [0.717, 1.165) is 30.8 Å². The largest absolute Gasteiger partial charge is 0.494 e. The van der Waals surface area contributed by atoms with Gasteiger partial charge in [-0.3, -0.25) is 5.43 Å². The Hall–Kier alpha value is -2.41. The lowest BCUT2D eigenvalue weighted by atomic mass is 10.2. The van der Waals surface area contributed by atoms with Crippen molar-refractivity contribution < 1.29 is 14.3 Å². The van der Waals surface area contributed by atoms with Crippen molar-refractivity contribution >= 4 is 28.7 Å². The number of rotatable bonds is 9. The smallest absolute Gasteiger partial charge is 0.350 e. The van der Waals surface area contributed by atoms with Crippen molar-refractivity contribution in [1.29, 1.82) is 0 Å². The molecular formula is C18H23N3O3S. The molecule has 0 saturated carbocycles. The van der Waals surface area contributed by atoms with Crippen LogP contribution in [-0.2, 0) is 11.2 Å². The van der Waals surface area contributed by atoms with Crippen LogP contribution in [-0.4, -0.2) is 30.9 Å². The second-order valence-corrected chi connectivity index (χ2v) is 6.28. The zero-order chi connectivity index (χ0) is 18.1. The molecule has 2 rings (SSSR count). The molecule has 0 aliphatic carbocycles. The maximum atomic E-state index is 11.7. The second kappa shape index (κ2) is 9.78. The Morgan fingerprint density at radius 1 is 1.32 bits per heavy atom. The number of methoxy groups -OCH3 is 1. The lowest BCUT2D eigenvalue weighted by Gasteiger charge is -2.04. The van der Waals surface area contributed by atoms with E-state index in [1.807, 2.05) is 31.2 Å². The molecule has 1 aromatic carbocycles. The Morgan fingerprint density at radius 3 is 2.72 bits per heavy atom. The SMILES string of the molecule is CCCCOc1ccc(/C=N\Nc2nc(CC)c(C(=O)OC)s2)cc1. The number of anilines is 1. The molecular weight excluding hydrogens is 338 g/mol. The molecule has 0 fully saturated rings. The van der Waals surface area contributed by atoms with Crippen LogP contribution in [0.3, 0.4) is 0 Å². The molecule has 0 saturated heterocycles. The summed E-state index contributed by atoms with van der Waals surface area (Å²) in [5.41, 5.74) is 4.51. The number of nitrogens with zero attached hydrogens (tertiary/aromatic N) is 2. The van der Waals surface area contributed by atoms with Gasteiger partial charge in [0, 0.05) is 0 Å². The van der Waals surface area contributed by atoms with Gasteiger partial charge in [0.1, 0.15) is 10.6 Å². The van der Waals surface area contributed by atoms with Crippen LogP contribution in [0, 0.1) is 0 Å². The fourth-order valence-corrected chi connectivity index (χ4v) is 2.96. The molecule has 1 N–H and O–H groups in total. The third kappa shape index (κ3) is 5.56. The van der Waals surface area contributed by atoms with Gasteiger partial charge in [-0.15, -0.1) is 0 Å². The van der Waals surface area contributed by atoms with Crippen molar-refractivity contribution in [2.24, 2.45) is 5.10 Å². The average Bonchev–Trinajstić information content (AvgIpc) is 3.06. The van der Waals surface area contributed by atoms with Crippen LogP contribution in [0.5, 0.6) is 5.75 Å². The molecule has 1 aromatic heterocycles. The highest BCUT2D eigenvalue weighted by atomic mass is 32.1. The van der Waals surface area contributed by atoms with Crippen LogP contribution in [0.2, 0.25) is 0 Å². The summed E-state index contributed by atoms with van der Waals surface area (Å²) in [6.07, 6.45) is 4.52. The summed E-state index contributed by atoms with van der Waals surface area (Å²) in [6.45, 7) is 4.81. The summed E-state index contributed by atoms with van der Waals surface area (Å²) in [5, 5.41) is 4.73. The first kappa shape index (κ1) is 18.9. The van der Waals surface area contributed by atoms with E-state index in [1.54, 1.807) is 6.21 Å². The number of aryl methyl sites for hydroxylation is 1. The van der Waals surface area contributed by atoms with Crippen molar-refractivity contribution in [1.82, 2.24) is 4.98 Å². The van der Waals surface area contributed by atoms with Crippen molar-refractivity contribution in [2.45, 2.75) is 33.1 Å². The molecule has 0 unspecified atom stereocenters. The first-order valence-corrected chi connectivity index (χ1v) is 9.09. The maximum Gasteiger partial charge on any atom is 0.350 e. The van der Waals surface area contributed by atoms with Gasteiger partial charge in [-0.05, 0) is 42.7 Å². The summed E-state index contributed by atoms with van der Waals surface area (Å²) in [5.74, 6) is 0.485. The summed E-state index contributed by atoms with van der Waals surface area (Å²) < 4.78 is 10.4. The highest BCUT2D eigenvalue weighted by Gasteiger charge is 2.17. The van der Waals surface area contributed by atoms with E-state index in [-0.39, 0.29) is 5.97 Å². The van der Waals surface area contributed by atoms with Crippen molar-refractivity contribution in [3.05, 3.63) is 40.4 Å². The van der Waals surface area contributed by atoms with Crippen LogP contribution >= 0.6 is 11.3 Å². The van der Waals surface area contributed by atoms with Crippen molar-refractivity contribution in [2.75, 3.05) is 19.1 Å². The molecule has 25 heavy (non-hydrogen) atoms. The Bertz CT molecular complexity index is 711. The molecule has 7 heteroatoms. The Morgan fingerprint density at radius 2 is 2.08 bits per heavy atom. The van der Waals surface area contributed by atoms with E-state index in [2.05, 4.69) is 22.4 Å². The summed E-state index contributed by atoms with van der Waals surface area (Å²) in [6, 6.07) is 7.72. The van der Waals surface area contributed by atoms with E-state index < -0.39 is 0 Å². The molecule has 134 valence electrons. The third-order valence-electron chi connectivity index (χ3n) is 3.42. The first-order valence-electron chi connectivity index (χ1n) is 8.27. The van der Waals surface area contributed by atoms with Gasteiger partial charge in [0.25, 0.3) is 0 Å². The van der Waals surface area contributed by atoms with E-state index in [4.69, 9.17) is 9.47 Å². The summed E-state index contributed by atoms with van der Waals surface area (Å²) >= 11 is 1.24. The number of hydrogen-bond acceptors (Lipinski definition) is 7. The molecule has 0 aliphatic rings. The van der Waals surface area contributed by atoms with Crippen LogP contribution in [0.4, 0.5) is 5.13 Å². The topological polar surface area (TPSA) is 72.8 Å². The Labute approximate surface area is 151 Å². The van der Waals surface area contributed by atoms with Gasteiger partial charge in [-0.2, -0.15) is 5.10 Å². The normalized spacial score (nSPS) is 10.8. The minimum Gasteiger partial charge on any atom is -0.494 e. The van der Waals surface area contributed by atoms with Gasteiger partial charge in [0.05, 0.1) is 25.6 Å². The molecule has 0 amide bonds. The molecule has 0 bridgehead atoms. The van der Waals surface area contributed by atoms with E-state index in [0.29, 0.717) is 22.1 Å². The monoisotopic (exact) mass is 361 g/mol. The van der Waals surface area contributed by atoms with Gasteiger partial charge in [-0.1, -0.05) is 31.6 Å². The van der Waals surface area contributed by atoms with E-state index in [9.17, 15) is 4.79 Å². The number of unbranched alkanes of at least 4 members (excludes halogenated alkanes) is 1. The van der Waals surface area contributed by atoms with Gasteiger partial charge in [0.15, 0.2) is 0 Å². The summed E-state index contributed by atoms with van der Waals surface area (Å²) in [4.78, 5) is 16.6. The minimum atomic E-state index is -0.370. The maximum absolute atomic E-state index is 11.7. The second-order valence-electron chi connectivity index (χ2n) is 5.28. The zero-order valence-corrected chi connectivity index (χ0v) is 15.6. The number of aromatic nitrogens is 1. The van der Waals surface area contributed by atoms with Crippen LogP contribution in [0.1, 0.15) is 47.6 Å². The molecule has 0 aliphatic heterocycles. The van der Waals surface area contributed by atoms with Gasteiger partial charge < -0.3 is 9.47 Å². The van der Waals surface area contributed by atoms with Gasteiger partial charge in [0.2, 0.25) is 5.13 Å². The number of nitrogens with one attached hydrogen (secondary N) is 1. The number of thiazole rings is 1. The van der Waals surface area contributed by atoms with Gasteiger partial charge >= 0.3 is 5.97 Å². The molecule has 6 nitrogen and oxygen atoms in total. The zero-order valence-electron chi connectivity index (χ0n) is 14.7. The van der Waals surface area contributed by atoms with Gasteiger partial charge in [-0.25, -0.2) is 9.78 Å². The number of benzene rings is 1. The number of carbonyl (C=O) groups excluding carboxylic acids is 1. The molecule has 0 radical (unpaired) electrons. The van der Waals surface area contributed by atoms with Crippen LogP contribution in [0.15, 0.2) is 29.4 Å². The standard InChI is InChI=1S/C18H23N3O3S/c1-4-6-11-24-14-9-7-13(8-10-14)12-19-21-18-20-15(5-2)16(25-18)17(22)23-3/h7-10,12H,4-6,11H2,1-3H3,(H,20,21)/b19-12-. The molecule has 1 heterocycles.